The van der Waals surface area contributed by atoms with Crippen LogP contribution in [-0.4, -0.2) is 59.4 Å². The lowest BCUT2D eigenvalue weighted by molar-refractivity contribution is -0.140. The molecule has 1 atom stereocenters. The number of ketones is 1. The minimum atomic E-state index is -0.799. The van der Waals surface area contributed by atoms with E-state index in [4.69, 9.17) is 20.8 Å². The zero-order chi connectivity index (χ0) is 23.3. The number of furan rings is 1. The van der Waals surface area contributed by atoms with Crippen molar-refractivity contribution in [3.63, 3.8) is 0 Å². The maximum atomic E-state index is 13.0. The summed E-state index contributed by atoms with van der Waals surface area (Å²) in [7, 11) is 0. The largest absolute Gasteiger partial charge is 0.507 e. The van der Waals surface area contributed by atoms with E-state index >= 15 is 0 Å². The molecule has 7 nitrogen and oxygen atoms in total. The average Bonchev–Trinajstić information content (AvgIpc) is 3.40. The van der Waals surface area contributed by atoms with E-state index in [2.05, 4.69) is 18.7 Å². The van der Waals surface area contributed by atoms with Crippen LogP contribution in [0.4, 0.5) is 0 Å². The van der Waals surface area contributed by atoms with E-state index in [0.29, 0.717) is 41.7 Å². The zero-order valence-electron chi connectivity index (χ0n) is 18.6. The lowest BCUT2D eigenvalue weighted by Gasteiger charge is -2.25. The fraction of sp³-hybridized carbons (Fsp3) is 0.417. The fourth-order valence-electron chi connectivity index (χ4n) is 3.93. The van der Waals surface area contributed by atoms with E-state index < -0.39 is 17.7 Å². The number of halogens is 1. The Morgan fingerprint density at radius 3 is 2.56 bits per heavy atom. The molecule has 172 valence electrons. The quantitative estimate of drug-likeness (QED) is 0.319. The first-order valence-electron chi connectivity index (χ1n) is 10.9. The standard InChI is InChI=1S/C24H29ClN2O5/c1-4-26(5-2)12-8-13-27-21(19-9-7-14-32-19)20(23(29)24(27)30)22(28)16-10-11-18(31-6-3)17(25)15-16/h7,9-11,14-15,21,28H,4-6,8,12-13H2,1-3H3/b22-20+/t21-/m1/s1. The van der Waals surface area contributed by atoms with Gasteiger partial charge in [-0.05, 0) is 63.3 Å². The molecule has 1 saturated heterocycles. The summed E-state index contributed by atoms with van der Waals surface area (Å²) in [6.07, 6.45) is 2.18. The molecule has 0 spiro atoms. The minimum Gasteiger partial charge on any atom is -0.507 e. The van der Waals surface area contributed by atoms with Gasteiger partial charge in [0, 0.05) is 12.1 Å². The number of aliphatic hydroxyl groups excluding tert-OH is 1. The summed E-state index contributed by atoms with van der Waals surface area (Å²) in [4.78, 5) is 29.6. The van der Waals surface area contributed by atoms with Crippen LogP contribution in [0, 0.1) is 0 Å². The summed E-state index contributed by atoms with van der Waals surface area (Å²) in [6.45, 7) is 9.45. The summed E-state index contributed by atoms with van der Waals surface area (Å²) in [6, 6.07) is 7.36. The van der Waals surface area contributed by atoms with Gasteiger partial charge in [0.1, 0.15) is 23.3 Å². The van der Waals surface area contributed by atoms with Crippen LogP contribution in [-0.2, 0) is 9.59 Å². The van der Waals surface area contributed by atoms with Gasteiger partial charge < -0.3 is 24.1 Å². The Morgan fingerprint density at radius 1 is 1.22 bits per heavy atom. The number of nitrogens with zero attached hydrogens (tertiary/aromatic N) is 2. The second-order valence-corrected chi connectivity index (χ2v) is 7.87. The van der Waals surface area contributed by atoms with E-state index in [1.54, 1.807) is 24.3 Å². The van der Waals surface area contributed by atoms with Gasteiger partial charge in [-0.2, -0.15) is 0 Å². The van der Waals surface area contributed by atoms with Crippen LogP contribution in [0.15, 0.2) is 46.6 Å². The van der Waals surface area contributed by atoms with Crippen molar-refractivity contribution >= 4 is 29.1 Å². The van der Waals surface area contributed by atoms with Gasteiger partial charge in [-0.3, -0.25) is 9.59 Å². The van der Waals surface area contributed by atoms with Gasteiger partial charge in [0.05, 0.1) is 23.5 Å². The summed E-state index contributed by atoms with van der Waals surface area (Å²) in [5, 5.41) is 11.4. The molecule has 32 heavy (non-hydrogen) atoms. The number of hydrogen-bond acceptors (Lipinski definition) is 6. The Morgan fingerprint density at radius 2 is 1.97 bits per heavy atom. The number of rotatable bonds is 10. The van der Waals surface area contributed by atoms with Gasteiger partial charge >= 0.3 is 0 Å². The van der Waals surface area contributed by atoms with E-state index in [1.165, 1.54) is 17.2 Å². The lowest BCUT2D eigenvalue weighted by Crippen LogP contribution is -2.33. The number of aliphatic hydroxyl groups is 1. The Hall–Kier alpha value is -2.77. The molecule has 0 bridgehead atoms. The summed E-state index contributed by atoms with van der Waals surface area (Å²) in [5.41, 5.74) is 0.323. The first-order valence-corrected chi connectivity index (χ1v) is 11.3. The Balaban J connectivity index is 1.97. The van der Waals surface area contributed by atoms with Crippen LogP contribution in [0.3, 0.4) is 0 Å². The van der Waals surface area contributed by atoms with Gasteiger partial charge in [0.25, 0.3) is 11.7 Å². The molecule has 1 aliphatic rings. The van der Waals surface area contributed by atoms with E-state index in [9.17, 15) is 14.7 Å². The molecule has 2 aromatic rings. The highest BCUT2D eigenvalue weighted by Gasteiger charge is 2.47. The molecule has 0 radical (unpaired) electrons. The molecule has 0 unspecified atom stereocenters. The van der Waals surface area contributed by atoms with E-state index in [1.807, 2.05) is 6.92 Å². The highest BCUT2D eigenvalue weighted by atomic mass is 35.5. The van der Waals surface area contributed by atoms with Crippen molar-refractivity contribution in [3.05, 3.63) is 58.5 Å². The number of amides is 1. The number of carbonyl (C=O) groups excluding carboxylic acids is 2. The molecule has 3 rings (SSSR count). The Kier molecular flexibility index (Phi) is 7.99. The van der Waals surface area contributed by atoms with Gasteiger partial charge in [0.2, 0.25) is 0 Å². The van der Waals surface area contributed by atoms with Crippen molar-refractivity contribution in [2.75, 3.05) is 32.8 Å². The first-order chi connectivity index (χ1) is 15.4. The topological polar surface area (TPSA) is 83.2 Å². The summed E-state index contributed by atoms with van der Waals surface area (Å²) >= 11 is 6.27. The van der Waals surface area contributed by atoms with Gasteiger partial charge in [0.15, 0.2) is 0 Å². The molecule has 1 fully saturated rings. The number of Topliss-reactive ketones (excluding diaryl/α,β-unsaturated/α-hetero) is 1. The minimum absolute atomic E-state index is 0.00647. The molecule has 0 aliphatic carbocycles. The number of hydrogen-bond donors (Lipinski definition) is 1. The van der Waals surface area contributed by atoms with Gasteiger partial charge in [-0.15, -0.1) is 0 Å². The Bertz CT molecular complexity index is 982. The zero-order valence-corrected chi connectivity index (χ0v) is 19.4. The third kappa shape index (κ3) is 4.84. The monoisotopic (exact) mass is 460 g/mol. The highest BCUT2D eigenvalue weighted by molar-refractivity contribution is 6.46. The van der Waals surface area contributed by atoms with Gasteiger partial charge in [-0.25, -0.2) is 0 Å². The predicted molar refractivity (Wildman–Crippen MR) is 123 cm³/mol. The molecular formula is C24H29ClN2O5. The second kappa shape index (κ2) is 10.7. The fourth-order valence-corrected chi connectivity index (χ4v) is 4.17. The SMILES string of the molecule is CCOc1ccc(/C(O)=C2\C(=O)C(=O)N(CCCN(CC)CC)[C@@H]2c2ccco2)cc1Cl. The van der Waals surface area contributed by atoms with Crippen molar-refractivity contribution in [2.24, 2.45) is 0 Å². The van der Waals surface area contributed by atoms with E-state index in [-0.39, 0.29) is 11.3 Å². The smallest absolute Gasteiger partial charge is 0.295 e. The lowest BCUT2D eigenvalue weighted by atomic mass is 9.99. The van der Waals surface area contributed by atoms with Crippen molar-refractivity contribution in [1.29, 1.82) is 0 Å². The maximum Gasteiger partial charge on any atom is 0.295 e. The maximum absolute atomic E-state index is 13.0. The van der Waals surface area contributed by atoms with Crippen LogP contribution in [0.5, 0.6) is 5.75 Å². The predicted octanol–water partition coefficient (Wildman–Crippen LogP) is 4.49. The molecular weight excluding hydrogens is 432 g/mol. The molecule has 2 heterocycles. The number of likely N-dealkylation sites (tertiary alicyclic amines) is 1. The summed E-state index contributed by atoms with van der Waals surface area (Å²) < 4.78 is 11.0. The van der Waals surface area contributed by atoms with Crippen LogP contribution in [0.1, 0.15) is 44.6 Å². The molecule has 8 heteroatoms. The van der Waals surface area contributed by atoms with Crippen LogP contribution in [0.25, 0.3) is 5.76 Å². The summed E-state index contributed by atoms with van der Waals surface area (Å²) in [5.74, 6) is -0.780. The number of benzene rings is 1. The highest BCUT2D eigenvalue weighted by Crippen LogP contribution is 2.40. The number of ether oxygens (including phenoxy) is 1. The van der Waals surface area contributed by atoms with Crippen LogP contribution >= 0.6 is 11.6 Å². The van der Waals surface area contributed by atoms with E-state index in [0.717, 1.165) is 19.6 Å². The molecule has 1 aromatic carbocycles. The molecule has 1 aromatic heterocycles. The van der Waals surface area contributed by atoms with Crippen molar-refractivity contribution < 1.29 is 23.8 Å². The second-order valence-electron chi connectivity index (χ2n) is 7.47. The normalized spacial score (nSPS) is 18.0. The first kappa shape index (κ1) is 23.9. The van der Waals surface area contributed by atoms with Crippen molar-refractivity contribution in [1.82, 2.24) is 9.80 Å². The Labute approximate surface area is 193 Å². The molecule has 0 saturated carbocycles. The average molecular weight is 461 g/mol. The van der Waals surface area contributed by atoms with Gasteiger partial charge in [-0.1, -0.05) is 25.4 Å². The number of carbonyl (C=O) groups is 2. The van der Waals surface area contributed by atoms with Crippen LogP contribution in [0.2, 0.25) is 5.02 Å². The van der Waals surface area contributed by atoms with Crippen molar-refractivity contribution in [3.8, 4) is 5.75 Å². The molecule has 1 amide bonds. The molecule has 1 aliphatic heterocycles. The molecule has 1 N–H and O–H groups in total. The third-order valence-corrected chi connectivity index (χ3v) is 5.92. The van der Waals surface area contributed by atoms with Crippen LogP contribution < -0.4 is 4.74 Å². The third-order valence-electron chi connectivity index (χ3n) is 5.63. The van der Waals surface area contributed by atoms with Crippen molar-refractivity contribution in [2.45, 2.75) is 33.2 Å².